The Hall–Kier alpha value is -3.64. The number of nitrogens with one attached hydrogen (secondary N) is 2. The van der Waals surface area contributed by atoms with Crippen molar-refractivity contribution in [3.63, 3.8) is 0 Å². The van der Waals surface area contributed by atoms with Gasteiger partial charge in [0.25, 0.3) is 5.91 Å². The van der Waals surface area contributed by atoms with Crippen molar-refractivity contribution in [2.45, 2.75) is 24.6 Å². The number of phenolic OH excluding ortho intramolecular Hbond substituents is 2. The van der Waals surface area contributed by atoms with Crippen LogP contribution in [0.3, 0.4) is 0 Å². The van der Waals surface area contributed by atoms with Crippen molar-refractivity contribution in [1.82, 2.24) is 14.8 Å². The Kier molecular flexibility index (Phi) is 5.50. The summed E-state index contributed by atoms with van der Waals surface area (Å²) in [6.07, 6.45) is 1.36. The van der Waals surface area contributed by atoms with Crippen LogP contribution in [0, 0.1) is 5.21 Å². The molecule has 11 heteroatoms. The number of aromatic amines is 1. The third-order valence-electron chi connectivity index (χ3n) is 6.22. The number of amides is 2. The Labute approximate surface area is 188 Å². The fraction of sp³-hybridized carbons (Fsp3) is 0.273. The number of quaternary nitrogens is 1. The highest BCUT2D eigenvalue weighted by Crippen LogP contribution is 2.33. The minimum absolute atomic E-state index is 0.0474. The van der Waals surface area contributed by atoms with Crippen molar-refractivity contribution >= 4 is 28.4 Å². The maximum absolute atomic E-state index is 13.2. The lowest BCUT2D eigenvalue weighted by atomic mass is 9.92. The summed E-state index contributed by atoms with van der Waals surface area (Å²) >= 11 is 0. The van der Waals surface area contributed by atoms with Crippen molar-refractivity contribution in [3.05, 3.63) is 58.9 Å². The van der Waals surface area contributed by atoms with Gasteiger partial charge in [-0.15, -0.1) is 0 Å². The Balaban J connectivity index is 1.65. The third-order valence-corrected chi connectivity index (χ3v) is 6.22. The molecule has 1 aromatic heterocycles. The van der Waals surface area contributed by atoms with Gasteiger partial charge in [-0.25, -0.2) is 5.21 Å². The van der Waals surface area contributed by atoms with Crippen LogP contribution in [-0.4, -0.2) is 73.0 Å². The number of fused-ring (bicyclic) bond motifs is 1. The molecule has 1 aliphatic heterocycles. The number of aliphatic hydroxyl groups is 1. The van der Waals surface area contributed by atoms with Crippen LogP contribution < -0.4 is 5.23 Å². The summed E-state index contributed by atoms with van der Waals surface area (Å²) in [5.74, 6) is -2.00. The van der Waals surface area contributed by atoms with Gasteiger partial charge in [-0.1, -0.05) is 12.1 Å². The fourth-order valence-corrected chi connectivity index (χ4v) is 4.32. The molecule has 2 amide bonds. The number of carbonyl (C=O) groups is 2. The zero-order chi connectivity index (χ0) is 24.1. The van der Waals surface area contributed by atoms with Gasteiger partial charge in [0, 0.05) is 39.2 Å². The molecule has 2 aromatic carbocycles. The van der Waals surface area contributed by atoms with E-state index in [-0.39, 0.29) is 24.3 Å². The molecule has 0 aliphatic carbocycles. The predicted octanol–water partition coefficient (Wildman–Crippen LogP) is -0.245. The molecule has 3 aromatic rings. The van der Waals surface area contributed by atoms with E-state index in [2.05, 4.69) is 4.98 Å². The predicted molar refractivity (Wildman–Crippen MR) is 116 cm³/mol. The quantitative estimate of drug-likeness (QED) is 0.228. The summed E-state index contributed by atoms with van der Waals surface area (Å²) in [4.78, 5) is 31.6. The summed E-state index contributed by atoms with van der Waals surface area (Å²) in [6.45, 7) is 0. The first-order chi connectivity index (χ1) is 15.5. The second-order valence-corrected chi connectivity index (χ2v) is 8.20. The van der Waals surface area contributed by atoms with E-state index in [1.54, 1.807) is 18.3 Å². The maximum atomic E-state index is 13.2. The summed E-state index contributed by atoms with van der Waals surface area (Å²) in [6, 6.07) is 7.72. The number of phenols is 2. The van der Waals surface area contributed by atoms with E-state index in [1.807, 2.05) is 0 Å². The number of carbonyl (C=O) groups excluding carboxylic acids is 2. The van der Waals surface area contributed by atoms with Gasteiger partial charge in [-0.05, 0) is 29.3 Å². The number of benzene rings is 2. The number of likely N-dealkylation sites (N-methyl/N-ethyl adjacent to an activating group) is 2. The second kappa shape index (κ2) is 8.05. The molecule has 6 N–H and O–H groups in total. The van der Waals surface area contributed by atoms with E-state index >= 15 is 0 Å². The molecule has 11 nitrogen and oxygen atoms in total. The van der Waals surface area contributed by atoms with Gasteiger partial charge in [0.2, 0.25) is 11.6 Å². The molecule has 1 fully saturated rings. The fourth-order valence-electron chi connectivity index (χ4n) is 4.32. The number of hydrogen-bond acceptors (Lipinski definition) is 7. The molecule has 0 saturated carbocycles. The zero-order valence-electron chi connectivity index (χ0n) is 17.9. The molecule has 4 rings (SSSR count). The van der Waals surface area contributed by atoms with E-state index in [4.69, 9.17) is 0 Å². The topological polar surface area (TPSA) is 165 Å². The third kappa shape index (κ3) is 3.66. The molecule has 1 saturated heterocycles. The largest absolute Gasteiger partial charge is 0.595 e. The van der Waals surface area contributed by atoms with E-state index in [0.29, 0.717) is 22.0 Å². The van der Waals surface area contributed by atoms with Gasteiger partial charge < -0.3 is 35.3 Å². The highest BCUT2D eigenvalue weighted by Gasteiger charge is 2.53. The SMILES string of the molecule is CN1C(=O)[C@](O)(Cc2ccc(O)c(O)c2)N(C)C(=O)[C@@H]1Cc1c[nH]c2cccc([NH+]([O-])O)c12. The number of nitrogens with zero attached hydrogens (tertiary/aromatic N) is 2. The normalized spacial score (nSPS) is 22.3. The summed E-state index contributed by atoms with van der Waals surface area (Å²) < 4.78 is 0. The van der Waals surface area contributed by atoms with Gasteiger partial charge in [-0.3, -0.25) is 9.59 Å². The lowest BCUT2D eigenvalue weighted by Gasteiger charge is -2.47. The van der Waals surface area contributed by atoms with E-state index in [0.717, 1.165) is 9.80 Å². The van der Waals surface area contributed by atoms with Crippen molar-refractivity contribution < 1.29 is 35.3 Å². The van der Waals surface area contributed by atoms with Crippen molar-refractivity contribution in [2.75, 3.05) is 14.1 Å². The Morgan fingerprint density at radius 3 is 2.55 bits per heavy atom. The van der Waals surface area contributed by atoms with Gasteiger partial charge >= 0.3 is 0 Å². The Morgan fingerprint density at radius 1 is 1.15 bits per heavy atom. The lowest BCUT2D eigenvalue weighted by Crippen LogP contribution is -2.99. The number of H-pyrrole nitrogens is 1. The van der Waals surface area contributed by atoms with Gasteiger partial charge in [0.15, 0.2) is 17.2 Å². The summed E-state index contributed by atoms with van der Waals surface area (Å²) in [7, 11) is 2.72. The molecule has 0 bridgehead atoms. The van der Waals surface area contributed by atoms with E-state index < -0.39 is 34.6 Å². The van der Waals surface area contributed by atoms with Crippen LogP contribution in [0.1, 0.15) is 11.1 Å². The molecule has 174 valence electrons. The van der Waals surface area contributed by atoms with E-state index in [9.17, 15) is 35.3 Å². The van der Waals surface area contributed by atoms with Crippen molar-refractivity contribution in [1.29, 1.82) is 0 Å². The Morgan fingerprint density at radius 2 is 1.88 bits per heavy atom. The summed E-state index contributed by atoms with van der Waals surface area (Å²) in [5, 5.41) is 51.0. The molecular formula is C22H24N4O7. The molecule has 0 spiro atoms. The molecule has 1 aliphatic rings. The molecule has 2 heterocycles. The standard InChI is InChI=1S/C22H24N4O7/c1-24-16(9-13-11-23-14-4-3-5-15(19(13)14)26(32)33)20(29)25(2)22(31,21(24)30)10-12-6-7-17(27)18(28)8-12/h3-8,11,16,23,26-28,31-32H,9-10H2,1-2H3/t16-,22+/m0/s1. The lowest BCUT2D eigenvalue weighted by molar-refractivity contribution is -0.990. The average molecular weight is 456 g/mol. The van der Waals surface area contributed by atoms with Crippen LogP contribution in [0.25, 0.3) is 10.9 Å². The molecule has 3 atom stereocenters. The number of aromatic hydroxyl groups is 2. The number of aromatic nitrogens is 1. The van der Waals surface area contributed by atoms with Crippen LogP contribution in [0.4, 0.5) is 5.69 Å². The monoisotopic (exact) mass is 456 g/mol. The average Bonchev–Trinajstić information content (AvgIpc) is 3.20. The van der Waals surface area contributed by atoms with Crippen LogP contribution in [-0.2, 0) is 22.4 Å². The number of hydrogen-bond donors (Lipinski definition) is 6. The first-order valence-corrected chi connectivity index (χ1v) is 10.1. The van der Waals surface area contributed by atoms with Gasteiger partial charge in [0.1, 0.15) is 6.04 Å². The molecule has 33 heavy (non-hydrogen) atoms. The minimum Gasteiger partial charge on any atom is -0.595 e. The van der Waals surface area contributed by atoms with E-state index in [1.165, 1.54) is 38.4 Å². The highest BCUT2D eigenvalue weighted by molar-refractivity contribution is 5.99. The zero-order valence-corrected chi connectivity index (χ0v) is 17.9. The van der Waals surface area contributed by atoms with Gasteiger partial charge in [-0.2, -0.15) is 5.23 Å². The molecule has 1 unspecified atom stereocenters. The number of piperazine rings is 1. The first-order valence-electron chi connectivity index (χ1n) is 10.1. The van der Waals surface area contributed by atoms with Crippen LogP contribution in [0.15, 0.2) is 42.6 Å². The second-order valence-electron chi connectivity index (χ2n) is 8.20. The van der Waals surface area contributed by atoms with Crippen molar-refractivity contribution in [2.24, 2.45) is 0 Å². The molecule has 0 radical (unpaired) electrons. The number of rotatable bonds is 5. The van der Waals surface area contributed by atoms with Crippen LogP contribution in [0.2, 0.25) is 0 Å². The Bertz CT molecular complexity index is 1240. The van der Waals surface area contributed by atoms with Crippen LogP contribution >= 0.6 is 0 Å². The summed E-state index contributed by atoms with van der Waals surface area (Å²) in [5.41, 5.74) is -0.617. The smallest absolute Gasteiger partial charge is 0.276 e. The van der Waals surface area contributed by atoms with Crippen LogP contribution in [0.5, 0.6) is 11.5 Å². The van der Waals surface area contributed by atoms with Crippen molar-refractivity contribution in [3.8, 4) is 11.5 Å². The highest BCUT2D eigenvalue weighted by atomic mass is 16.8. The van der Waals surface area contributed by atoms with Gasteiger partial charge in [0.05, 0.1) is 10.9 Å². The maximum Gasteiger partial charge on any atom is 0.276 e. The molecular weight excluding hydrogens is 432 g/mol. The minimum atomic E-state index is -2.20. The first kappa shape index (κ1) is 22.6.